The molecule has 0 spiro atoms. The van der Waals surface area contributed by atoms with Gasteiger partial charge >= 0.3 is 0 Å². The first-order valence-corrected chi connectivity index (χ1v) is 6.96. The van der Waals surface area contributed by atoms with E-state index < -0.39 is 0 Å². The van der Waals surface area contributed by atoms with E-state index in [9.17, 15) is 4.79 Å². The fraction of sp³-hybridized carbons (Fsp3) is 0.667. The zero-order valence-electron chi connectivity index (χ0n) is 11.2. The molecule has 4 nitrogen and oxygen atoms in total. The van der Waals surface area contributed by atoms with Crippen molar-refractivity contribution >= 4 is 42.1 Å². The van der Waals surface area contributed by atoms with Gasteiger partial charge in [0.05, 0.1) is 5.01 Å². The van der Waals surface area contributed by atoms with Crippen LogP contribution in [0.1, 0.15) is 48.1 Å². The lowest BCUT2D eigenvalue weighted by Crippen LogP contribution is -2.42. The van der Waals surface area contributed by atoms with Crippen molar-refractivity contribution in [3.05, 3.63) is 16.1 Å². The van der Waals surface area contributed by atoms with E-state index in [1.165, 1.54) is 0 Å². The average molecular weight is 326 g/mol. The first kappa shape index (κ1) is 18.6. The van der Waals surface area contributed by atoms with Gasteiger partial charge in [0, 0.05) is 30.4 Å². The quantitative estimate of drug-likeness (QED) is 0.909. The highest BCUT2D eigenvalue weighted by Crippen LogP contribution is 2.21. The van der Waals surface area contributed by atoms with E-state index in [1.54, 1.807) is 11.3 Å². The van der Waals surface area contributed by atoms with Crippen LogP contribution in [0.4, 0.5) is 0 Å². The number of amides is 1. The Labute approximate surface area is 130 Å². The lowest BCUT2D eigenvalue weighted by atomic mass is 10.1. The van der Waals surface area contributed by atoms with Gasteiger partial charge in [-0.3, -0.25) is 4.79 Å². The molecule has 2 N–H and O–H groups in total. The number of hydrogen-bond acceptors (Lipinski definition) is 4. The summed E-state index contributed by atoms with van der Waals surface area (Å²) < 4.78 is 0. The third-order valence-electron chi connectivity index (χ3n) is 3.06. The number of rotatable bonds is 2. The number of hydrogen-bond donors (Lipinski definition) is 1. The van der Waals surface area contributed by atoms with Crippen LogP contribution in [0.2, 0.25) is 0 Å². The highest BCUT2D eigenvalue weighted by atomic mass is 35.5. The summed E-state index contributed by atoms with van der Waals surface area (Å²) in [6.45, 7) is 5.70. The van der Waals surface area contributed by atoms with Crippen molar-refractivity contribution in [2.24, 2.45) is 5.73 Å². The van der Waals surface area contributed by atoms with Crippen molar-refractivity contribution in [1.29, 1.82) is 0 Å². The predicted molar refractivity (Wildman–Crippen MR) is 83.8 cm³/mol. The summed E-state index contributed by atoms with van der Waals surface area (Å²) in [4.78, 5) is 18.4. The lowest BCUT2D eigenvalue weighted by Gasteiger charge is -2.29. The molecule has 0 unspecified atom stereocenters. The Morgan fingerprint density at radius 1 is 1.42 bits per heavy atom. The highest BCUT2D eigenvalue weighted by molar-refractivity contribution is 7.09. The molecule has 2 heterocycles. The van der Waals surface area contributed by atoms with Crippen LogP contribution in [-0.4, -0.2) is 34.9 Å². The number of carbonyl (C=O) groups excluding carboxylic acids is 1. The molecule has 110 valence electrons. The number of thiazole rings is 1. The molecule has 1 fully saturated rings. The minimum atomic E-state index is 0. The zero-order valence-corrected chi connectivity index (χ0v) is 13.6. The van der Waals surface area contributed by atoms with Crippen LogP contribution in [0.5, 0.6) is 0 Å². The number of halogens is 2. The predicted octanol–water partition coefficient (Wildman–Crippen LogP) is 2.67. The molecule has 7 heteroatoms. The number of likely N-dealkylation sites (tertiary alicyclic amines) is 1. The van der Waals surface area contributed by atoms with Gasteiger partial charge in [0.2, 0.25) is 0 Å². The Morgan fingerprint density at radius 3 is 2.47 bits per heavy atom. The van der Waals surface area contributed by atoms with Gasteiger partial charge in [-0.2, -0.15) is 0 Å². The molecule has 1 aliphatic rings. The molecule has 0 radical (unpaired) electrons. The fourth-order valence-electron chi connectivity index (χ4n) is 1.92. The normalized spacial score (nSPS) is 15.9. The van der Waals surface area contributed by atoms with Crippen LogP contribution < -0.4 is 5.73 Å². The van der Waals surface area contributed by atoms with E-state index in [4.69, 9.17) is 5.73 Å². The van der Waals surface area contributed by atoms with E-state index >= 15 is 0 Å². The molecule has 1 aliphatic heterocycles. The number of nitrogens with two attached hydrogens (primary N) is 1. The van der Waals surface area contributed by atoms with Crippen molar-refractivity contribution in [2.45, 2.75) is 38.6 Å². The van der Waals surface area contributed by atoms with Gasteiger partial charge in [-0.25, -0.2) is 4.98 Å². The van der Waals surface area contributed by atoms with Gasteiger partial charge < -0.3 is 10.6 Å². The van der Waals surface area contributed by atoms with Crippen molar-refractivity contribution in [1.82, 2.24) is 9.88 Å². The summed E-state index contributed by atoms with van der Waals surface area (Å²) in [5.41, 5.74) is 6.42. The van der Waals surface area contributed by atoms with E-state index in [0.717, 1.165) is 30.9 Å². The van der Waals surface area contributed by atoms with E-state index in [2.05, 4.69) is 18.8 Å². The van der Waals surface area contributed by atoms with E-state index in [1.807, 2.05) is 10.3 Å². The van der Waals surface area contributed by atoms with Crippen molar-refractivity contribution in [3.63, 3.8) is 0 Å². The van der Waals surface area contributed by atoms with E-state index in [-0.39, 0.29) is 36.8 Å². The Hall–Kier alpha value is -0.360. The summed E-state index contributed by atoms with van der Waals surface area (Å²) in [6, 6.07) is 0.251. The minimum absolute atomic E-state index is 0. The maximum Gasteiger partial charge on any atom is 0.273 e. The molecule has 1 aromatic heterocycles. The molecule has 1 amide bonds. The second kappa shape index (κ2) is 8.04. The summed E-state index contributed by atoms with van der Waals surface area (Å²) in [7, 11) is 0. The van der Waals surface area contributed by atoms with Crippen molar-refractivity contribution in [3.8, 4) is 0 Å². The summed E-state index contributed by atoms with van der Waals surface area (Å²) >= 11 is 1.57. The standard InChI is InChI=1S/C12H19N3OS.2ClH/c1-8(2)11-14-10(7-17-11)12(16)15-5-3-9(13)4-6-15;;/h7-9H,3-6,13H2,1-2H3;2*1H. The Balaban J connectivity index is 0.00000162. The Morgan fingerprint density at radius 2 is 2.00 bits per heavy atom. The summed E-state index contributed by atoms with van der Waals surface area (Å²) in [6.07, 6.45) is 1.79. The number of aromatic nitrogens is 1. The van der Waals surface area contributed by atoms with Crippen LogP contribution in [-0.2, 0) is 0 Å². The van der Waals surface area contributed by atoms with Crippen LogP contribution in [0.25, 0.3) is 0 Å². The van der Waals surface area contributed by atoms with Gasteiger partial charge in [0.25, 0.3) is 5.91 Å². The monoisotopic (exact) mass is 325 g/mol. The Bertz CT molecular complexity index is 403. The van der Waals surface area contributed by atoms with Crippen LogP contribution >= 0.6 is 36.2 Å². The first-order chi connectivity index (χ1) is 8.08. The smallest absolute Gasteiger partial charge is 0.273 e. The molecule has 0 bridgehead atoms. The SMILES string of the molecule is CC(C)c1nc(C(=O)N2CCC(N)CC2)cs1.Cl.Cl. The van der Waals surface area contributed by atoms with Gasteiger partial charge in [-0.15, -0.1) is 36.2 Å². The largest absolute Gasteiger partial charge is 0.337 e. The number of nitrogens with zero attached hydrogens (tertiary/aromatic N) is 2. The molecule has 0 atom stereocenters. The van der Waals surface area contributed by atoms with Crippen LogP contribution in [0.3, 0.4) is 0 Å². The van der Waals surface area contributed by atoms with Gasteiger partial charge in [-0.1, -0.05) is 13.8 Å². The van der Waals surface area contributed by atoms with Crippen LogP contribution in [0.15, 0.2) is 5.38 Å². The third-order valence-corrected chi connectivity index (χ3v) is 4.21. The number of carbonyl (C=O) groups is 1. The molecule has 0 aliphatic carbocycles. The molecular formula is C12H21Cl2N3OS. The van der Waals surface area contributed by atoms with Gasteiger partial charge in [0.1, 0.15) is 5.69 Å². The number of piperidine rings is 1. The summed E-state index contributed by atoms with van der Waals surface area (Å²) in [5, 5.41) is 2.90. The fourth-order valence-corrected chi connectivity index (χ4v) is 2.72. The second-order valence-corrected chi connectivity index (χ2v) is 5.74. The third kappa shape index (κ3) is 4.60. The average Bonchev–Trinajstić information content (AvgIpc) is 2.78. The zero-order chi connectivity index (χ0) is 12.4. The maximum atomic E-state index is 12.2. The first-order valence-electron chi connectivity index (χ1n) is 6.08. The van der Waals surface area contributed by atoms with Crippen LogP contribution in [0, 0.1) is 0 Å². The summed E-state index contributed by atoms with van der Waals surface area (Å²) in [5.74, 6) is 0.441. The second-order valence-electron chi connectivity index (χ2n) is 4.86. The van der Waals surface area contributed by atoms with E-state index in [0.29, 0.717) is 11.6 Å². The molecule has 1 aromatic rings. The van der Waals surface area contributed by atoms with Crippen molar-refractivity contribution in [2.75, 3.05) is 13.1 Å². The Kier molecular flexibility index (Phi) is 7.89. The molecular weight excluding hydrogens is 305 g/mol. The minimum Gasteiger partial charge on any atom is -0.337 e. The molecule has 1 saturated heterocycles. The van der Waals surface area contributed by atoms with Gasteiger partial charge in [0.15, 0.2) is 0 Å². The highest BCUT2D eigenvalue weighted by Gasteiger charge is 2.23. The molecule has 2 rings (SSSR count). The van der Waals surface area contributed by atoms with Crippen molar-refractivity contribution < 1.29 is 4.79 Å². The topological polar surface area (TPSA) is 59.2 Å². The van der Waals surface area contributed by atoms with Gasteiger partial charge in [-0.05, 0) is 12.8 Å². The maximum absolute atomic E-state index is 12.2. The lowest BCUT2D eigenvalue weighted by molar-refractivity contribution is 0.0709. The molecule has 19 heavy (non-hydrogen) atoms. The molecule has 0 saturated carbocycles. The molecule has 0 aromatic carbocycles.